The fourth-order valence-corrected chi connectivity index (χ4v) is 5.46. The van der Waals surface area contributed by atoms with Crippen molar-refractivity contribution in [3.8, 4) is 0 Å². The third-order valence-corrected chi connectivity index (χ3v) is 6.37. The molecule has 0 nitrogen and oxygen atoms in total. The van der Waals surface area contributed by atoms with Crippen molar-refractivity contribution in [3.63, 3.8) is 0 Å². The predicted octanol–water partition coefficient (Wildman–Crippen LogP) is 3.57. The van der Waals surface area contributed by atoms with Gasteiger partial charge >= 0.3 is 0 Å². The van der Waals surface area contributed by atoms with Gasteiger partial charge in [-0.1, -0.05) is 20.3 Å². The third-order valence-electron chi connectivity index (χ3n) is 6.37. The van der Waals surface area contributed by atoms with Gasteiger partial charge in [0.1, 0.15) is 0 Å². The maximum Gasteiger partial charge on any atom is -0.0318 e. The average molecular weight is 190 g/mol. The van der Waals surface area contributed by atoms with E-state index in [0.717, 1.165) is 11.8 Å². The molecular weight excluding hydrogens is 168 g/mol. The van der Waals surface area contributed by atoms with Gasteiger partial charge in [0.25, 0.3) is 0 Å². The summed E-state index contributed by atoms with van der Waals surface area (Å²) in [6, 6.07) is 0. The van der Waals surface area contributed by atoms with Crippen molar-refractivity contribution in [2.75, 3.05) is 0 Å². The Balaban J connectivity index is 1.44. The van der Waals surface area contributed by atoms with Gasteiger partial charge in [0, 0.05) is 0 Å². The fraction of sp³-hybridized carbons (Fsp3) is 1.00. The van der Waals surface area contributed by atoms with Gasteiger partial charge < -0.3 is 0 Å². The summed E-state index contributed by atoms with van der Waals surface area (Å²) in [4.78, 5) is 0. The SMILES string of the molecule is CCC1CC1C1CC2C3CC(C)C3C12. The number of rotatable bonds is 2. The Morgan fingerprint density at radius 1 is 0.857 bits per heavy atom. The van der Waals surface area contributed by atoms with Gasteiger partial charge in [-0.3, -0.25) is 0 Å². The van der Waals surface area contributed by atoms with Crippen LogP contribution in [0.3, 0.4) is 0 Å². The highest BCUT2D eigenvalue weighted by atomic mass is 14.7. The highest BCUT2D eigenvalue weighted by Gasteiger charge is 2.69. The zero-order chi connectivity index (χ0) is 9.45. The molecule has 8 unspecified atom stereocenters. The van der Waals surface area contributed by atoms with Gasteiger partial charge in [-0.05, 0) is 66.6 Å². The van der Waals surface area contributed by atoms with Crippen LogP contribution in [0.1, 0.15) is 39.5 Å². The summed E-state index contributed by atoms with van der Waals surface area (Å²) in [6.07, 6.45) is 6.28. The molecule has 4 fully saturated rings. The fourth-order valence-electron chi connectivity index (χ4n) is 5.46. The number of hydrogen-bond acceptors (Lipinski definition) is 0. The Morgan fingerprint density at radius 2 is 1.57 bits per heavy atom. The highest BCUT2D eigenvalue weighted by molar-refractivity contribution is 5.17. The molecule has 0 aromatic heterocycles. The zero-order valence-electron chi connectivity index (χ0n) is 9.45. The topological polar surface area (TPSA) is 0 Å². The van der Waals surface area contributed by atoms with Gasteiger partial charge in [0.05, 0.1) is 0 Å². The zero-order valence-corrected chi connectivity index (χ0v) is 9.45. The van der Waals surface area contributed by atoms with Crippen LogP contribution in [0.25, 0.3) is 0 Å². The molecule has 8 atom stereocenters. The summed E-state index contributed by atoms with van der Waals surface area (Å²) in [7, 11) is 0. The molecule has 0 spiro atoms. The van der Waals surface area contributed by atoms with E-state index in [9.17, 15) is 0 Å². The Labute approximate surface area is 87.5 Å². The van der Waals surface area contributed by atoms with Crippen molar-refractivity contribution in [2.45, 2.75) is 39.5 Å². The van der Waals surface area contributed by atoms with Crippen LogP contribution >= 0.6 is 0 Å². The maximum absolute atomic E-state index is 2.50. The first kappa shape index (κ1) is 8.19. The Morgan fingerprint density at radius 3 is 2.21 bits per heavy atom. The van der Waals surface area contributed by atoms with E-state index in [2.05, 4.69) is 13.8 Å². The summed E-state index contributed by atoms with van der Waals surface area (Å²) in [6.45, 7) is 4.88. The minimum atomic E-state index is 1.10. The first-order chi connectivity index (χ1) is 6.81. The minimum Gasteiger partial charge on any atom is -0.0651 e. The van der Waals surface area contributed by atoms with E-state index < -0.39 is 0 Å². The second kappa shape index (κ2) is 2.39. The smallest absolute Gasteiger partial charge is 0.0318 e. The second-order valence-corrected chi connectivity index (χ2v) is 6.66. The molecule has 78 valence electrons. The van der Waals surface area contributed by atoms with Gasteiger partial charge in [0.15, 0.2) is 0 Å². The molecule has 0 amide bonds. The van der Waals surface area contributed by atoms with E-state index in [0.29, 0.717) is 0 Å². The number of fused-ring (bicyclic) bond motifs is 4. The molecular formula is C14H22. The highest BCUT2D eigenvalue weighted by Crippen LogP contribution is 2.75. The first-order valence-electron chi connectivity index (χ1n) is 6.81. The second-order valence-electron chi connectivity index (χ2n) is 6.66. The molecule has 0 heteroatoms. The number of hydrogen-bond donors (Lipinski definition) is 0. The van der Waals surface area contributed by atoms with E-state index in [1.165, 1.54) is 41.9 Å². The molecule has 0 aromatic rings. The van der Waals surface area contributed by atoms with E-state index in [4.69, 9.17) is 0 Å². The van der Waals surface area contributed by atoms with E-state index in [-0.39, 0.29) is 0 Å². The normalized spacial score (nSPS) is 68.1. The van der Waals surface area contributed by atoms with Crippen LogP contribution in [-0.4, -0.2) is 0 Å². The molecule has 14 heavy (non-hydrogen) atoms. The quantitative estimate of drug-likeness (QED) is 0.624. The molecule has 0 saturated heterocycles. The lowest BCUT2D eigenvalue weighted by molar-refractivity contribution is -0.241. The van der Waals surface area contributed by atoms with E-state index in [1.807, 2.05) is 0 Å². The van der Waals surface area contributed by atoms with Crippen molar-refractivity contribution < 1.29 is 0 Å². The lowest BCUT2D eigenvalue weighted by Gasteiger charge is -2.72. The summed E-state index contributed by atoms with van der Waals surface area (Å²) in [5.74, 6) is 9.51. The van der Waals surface area contributed by atoms with Crippen LogP contribution in [0.4, 0.5) is 0 Å². The van der Waals surface area contributed by atoms with Gasteiger partial charge in [-0.2, -0.15) is 0 Å². The first-order valence-corrected chi connectivity index (χ1v) is 6.81. The van der Waals surface area contributed by atoms with Crippen molar-refractivity contribution in [2.24, 2.45) is 47.3 Å². The van der Waals surface area contributed by atoms with E-state index in [1.54, 1.807) is 19.3 Å². The lowest BCUT2D eigenvalue weighted by Crippen LogP contribution is -2.66. The maximum atomic E-state index is 2.50. The standard InChI is InChI=1S/C14H22/c1-3-8-5-9(8)11-6-12-10-4-7(2)13(10)14(11)12/h7-14H,3-6H2,1-2H3. The van der Waals surface area contributed by atoms with Crippen LogP contribution in [0, 0.1) is 47.3 Å². The average Bonchev–Trinajstić information content (AvgIpc) is 2.90. The van der Waals surface area contributed by atoms with Gasteiger partial charge in [0.2, 0.25) is 0 Å². The summed E-state index contributed by atoms with van der Waals surface area (Å²) >= 11 is 0. The molecule has 0 N–H and O–H groups in total. The Kier molecular flexibility index (Phi) is 1.40. The van der Waals surface area contributed by atoms with E-state index >= 15 is 0 Å². The molecule has 4 aliphatic rings. The summed E-state index contributed by atoms with van der Waals surface area (Å²) < 4.78 is 0. The molecule has 4 rings (SSSR count). The third kappa shape index (κ3) is 0.750. The van der Waals surface area contributed by atoms with Crippen LogP contribution in [0.2, 0.25) is 0 Å². The van der Waals surface area contributed by atoms with Crippen LogP contribution in [0.5, 0.6) is 0 Å². The Bertz CT molecular complexity index is 269. The molecule has 0 radical (unpaired) electrons. The minimum absolute atomic E-state index is 1.10. The summed E-state index contributed by atoms with van der Waals surface area (Å²) in [5.41, 5.74) is 0. The van der Waals surface area contributed by atoms with Crippen LogP contribution in [-0.2, 0) is 0 Å². The Hall–Kier alpha value is 0. The van der Waals surface area contributed by atoms with Gasteiger partial charge in [-0.25, -0.2) is 0 Å². The van der Waals surface area contributed by atoms with Crippen molar-refractivity contribution in [1.82, 2.24) is 0 Å². The van der Waals surface area contributed by atoms with Gasteiger partial charge in [-0.15, -0.1) is 0 Å². The van der Waals surface area contributed by atoms with Crippen LogP contribution < -0.4 is 0 Å². The monoisotopic (exact) mass is 190 g/mol. The largest absolute Gasteiger partial charge is 0.0651 e. The lowest BCUT2D eigenvalue weighted by atomic mass is 9.33. The predicted molar refractivity (Wildman–Crippen MR) is 57.7 cm³/mol. The molecule has 0 aliphatic heterocycles. The van der Waals surface area contributed by atoms with Crippen molar-refractivity contribution in [1.29, 1.82) is 0 Å². The molecule has 0 aromatic carbocycles. The molecule has 4 aliphatic carbocycles. The van der Waals surface area contributed by atoms with Crippen molar-refractivity contribution >= 4 is 0 Å². The van der Waals surface area contributed by atoms with Crippen molar-refractivity contribution in [3.05, 3.63) is 0 Å². The van der Waals surface area contributed by atoms with Crippen LogP contribution in [0.15, 0.2) is 0 Å². The molecule has 4 saturated carbocycles. The molecule has 0 bridgehead atoms. The summed E-state index contributed by atoms with van der Waals surface area (Å²) in [5, 5.41) is 0. The molecule has 0 heterocycles.